The van der Waals surface area contributed by atoms with Crippen molar-refractivity contribution in [3.05, 3.63) is 52.5 Å². The van der Waals surface area contributed by atoms with Crippen LogP contribution < -0.4 is 20.1 Å². The molecule has 0 bridgehead atoms. The van der Waals surface area contributed by atoms with E-state index in [2.05, 4.69) is 33.5 Å². The van der Waals surface area contributed by atoms with Crippen molar-refractivity contribution < 1.29 is 14.3 Å². The average Bonchev–Trinajstić information content (AvgIpc) is 2.69. The number of rotatable bonds is 9. The maximum absolute atomic E-state index is 12.4. The number of amides is 1. The van der Waals surface area contributed by atoms with Gasteiger partial charge in [-0.05, 0) is 77.0 Å². The van der Waals surface area contributed by atoms with Gasteiger partial charge in [0.1, 0.15) is 11.5 Å². The van der Waals surface area contributed by atoms with Gasteiger partial charge in [0.15, 0.2) is 5.11 Å². The first-order valence-electron chi connectivity index (χ1n) is 9.22. The molecule has 0 unspecified atom stereocenters. The lowest BCUT2D eigenvalue weighted by Crippen LogP contribution is -2.34. The van der Waals surface area contributed by atoms with Gasteiger partial charge in [-0.2, -0.15) is 0 Å². The number of unbranched alkanes of at least 4 members (excludes halogenated alkanes) is 3. The molecule has 0 heterocycles. The van der Waals surface area contributed by atoms with Gasteiger partial charge in [-0.3, -0.25) is 10.1 Å². The number of nitrogens with one attached hydrogen (secondary N) is 2. The van der Waals surface area contributed by atoms with Gasteiger partial charge >= 0.3 is 0 Å². The van der Waals surface area contributed by atoms with Gasteiger partial charge in [-0.25, -0.2) is 0 Å². The number of hydrogen-bond acceptors (Lipinski definition) is 4. The van der Waals surface area contributed by atoms with E-state index >= 15 is 0 Å². The highest BCUT2D eigenvalue weighted by Crippen LogP contribution is 2.26. The lowest BCUT2D eigenvalue weighted by Gasteiger charge is -2.12. The Morgan fingerprint density at radius 1 is 1.11 bits per heavy atom. The van der Waals surface area contributed by atoms with E-state index in [4.69, 9.17) is 21.7 Å². The van der Waals surface area contributed by atoms with Crippen molar-refractivity contribution in [2.24, 2.45) is 0 Å². The van der Waals surface area contributed by atoms with Crippen molar-refractivity contribution >= 4 is 44.9 Å². The van der Waals surface area contributed by atoms with E-state index in [9.17, 15) is 4.79 Å². The van der Waals surface area contributed by atoms with Crippen LogP contribution >= 0.6 is 28.1 Å². The summed E-state index contributed by atoms with van der Waals surface area (Å²) in [6.45, 7) is 2.85. The molecule has 2 rings (SSSR count). The van der Waals surface area contributed by atoms with Crippen molar-refractivity contribution in [1.29, 1.82) is 0 Å². The molecule has 0 radical (unpaired) electrons. The molecule has 0 atom stereocenters. The summed E-state index contributed by atoms with van der Waals surface area (Å²) in [6.07, 6.45) is 4.60. The molecular weight excluding hydrogens is 440 g/mol. The molecule has 0 saturated carbocycles. The fourth-order valence-electron chi connectivity index (χ4n) is 2.48. The number of halogens is 1. The molecule has 0 fully saturated rings. The van der Waals surface area contributed by atoms with Gasteiger partial charge in [0.2, 0.25) is 0 Å². The van der Waals surface area contributed by atoms with Crippen LogP contribution in [-0.2, 0) is 0 Å². The molecular formula is C21H25BrN2O3S. The monoisotopic (exact) mass is 464 g/mol. The number of anilines is 1. The molecule has 0 aliphatic heterocycles. The number of carbonyl (C=O) groups is 1. The number of hydrogen-bond donors (Lipinski definition) is 2. The minimum atomic E-state index is -0.291. The van der Waals surface area contributed by atoms with Gasteiger partial charge in [0, 0.05) is 11.3 Å². The summed E-state index contributed by atoms with van der Waals surface area (Å²) in [5, 5.41) is 5.87. The number of methoxy groups -OCH3 is 1. The summed E-state index contributed by atoms with van der Waals surface area (Å²) in [5.41, 5.74) is 1.25. The highest BCUT2D eigenvalue weighted by atomic mass is 79.9. The van der Waals surface area contributed by atoms with Crippen LogP contribution in [0.15, 0.2) is 46.9 Å². The van der Waals surface area contributed by atoms with E-state index < -0.39 is 0 Å². The molecule has 0 aliphatic carbocycles. The van der Waals surface area contributed by atoms with Crippen LogP contribution in [0.25, 0.3) is 0 Å². The maximum Gasteiger partial charge on any atom is 0.257 e. The lowest BCUT2D eigenvalue weighted by atomic mass is 10.2. The smallest absolute Gasteiger partial charge is 0.257 e. The van der Waals surface area contributed by atoms with Gasteiger partial charge in [0.05, 0.1) is 18.2 Å². The van der Waals surface area contributed by atoms with E-state index in [0.717, 1.165) is 34.5 Å². The van der Waals surface area contributed by atoms with Crippen molar-refractivity contribution in [2.75, 3.05) is 19.0 Å². The van der Waals surface area contributed by atoms with Gasteiger partial charge in [-0.1, -0.05) is 26.2 Å². The first-order chi connectivity index (χ1) is 13.5. The zero-order chi connectivity index (χ0) is 20.4. The predicted octanol–water partition coefficient (Wildman–Crippen LogP) is 5.54. The zero-order valence-electron chi connectivity index (χ0n) is 16.1. The minimum absolute atomic E-state index is 0.225. The predicted molar refractivity (Wildman–Crippen MR) is 120 cm³/mol. The topological polar surface area (TPSA) is 59.6 Å². The van der Waals surface area contributed by atoms with Crippen LogP contribution in [0.3, 0.4) is 0 Å². The molecule has 0 aromatic heterocycles. The standard InChI is InChI=1S/C21H25BrN2O3S/c1-3-4-5-6-13-27-19-12-7-15(14-18(19)22)20(25)24-21(28)23-16-8-10-17(26-2)11-9-16/h7-12,14H,3-6,13H2,1-2H3,(H2,23,24,25,28). The lowest BCUT2D eigenvalue weighted by molar-refractivity contribution is 0.0977. The molecule has 2 N–H and O–H groups in total. The van der Waals surface area contributed by atoms with E-state index in [1.807, 2.05) is 24.3 Å². The number of benzene rings is 2. The Morgan fingerprint density at radius 2 is 1.86 bits per heavy atom. The number of ether oxygens (including phenoxy) is 2. The van der Waals surface area contributed by atoms with Gasteiger partial charge < -0.3 is 14.8 Å². The zero-order valence-corrected chi connectivity index (χ0v) is 18.5. The Labute approximate surface area is 179 Å². The van der Waals surface area contributed by atoms with E-state index in [0.29, 0.717) is 12.2 Å². The third-order valence-electron chi connectivity index (χ3n) is 4.02. The Kier molecular flexibility index (Phi) is 9.23. The first-order valence-corrected chi connectivity index (χ1v) is 10.4. The fourth-order valence-corrected chi connectivity index (χ4v) is 3.19. The summed E-state index contributed by atoms with van der Waals surface area (Å²) in [5.74, 6) is 1.19. The SMILES string of the molecule is CCCCCCOc1ccc(C(=O)NC(=S)Nc2ccc(OC)cc2)cc1Br. The number of thiocarbonyl (C=S) groups is 1. The van der Waals surface area contributed by atoms with Crippen LogP contribution in [0.4, 0.5) is 5.69 Å². The molecule has 28 heavy (non-hydrogen) atoms. The van der Waals surface area contributed by atoms with Crippen LogP contribution in [-0.4, -0.2) is 24.7 Å². The second-order valence-corrected chi connectivity index (χ2v) is 7.45. The fraction of sp³-hybridized carbons (Fsp3) is 0.333. The largest absolute Gasteiger partial charge is 0.497 e. The second-order valence-electron chi connectivity index (χ2n) is 6.19. The van der Waals surface area contributed by atoms with Crippen LogP contribution in [0.5, 0.6) is 11.5 Å². The van der Waals surface area contributed by atoms with Crippen LogP contribution in [0.1, 0.15) is 43.0 Å². The van der Waals surface area contributed by atoms with E-state index in [1.54, 1.807) is 25.3 Å². The van der Waals surface area contributed by atoms with Gasteiger partial charge in [-0.15, -0.1) is 0 Å². The van der Waals surface area contributed by atoms with E-state index in [-0.39, 0.29) is 11.0 Å². The van der Waals surface area contributed by atoms with E-state index in [1.165, 1.54) is 12.8 Å². The third kappa shape index (κ3) is 7.13. The highest BCUT2D eigenvalue weighted by molar-refractivity contribution is 9.10. The molecule has 0 aliphatic rings. The molecule has 1 amide bonds. The van der Waals surface area contributed by atoms with Crippen molar-refractivity contribution in [3.63, 3.8) is 0 Å². The molecule has 7 heteroatoms. The Morgan fingerprint density at radius 3 is 2.50 bits per heavy atom. The summed E-state index contributed by atoms with van der Waals surface area (Å²) in [6, 6.07) is 12.5. The van der Waals surface area contributed by atoms with Crippen molar-refractivity contribution in [2.45, 2.75) is 32.6 Å². The summed E-state index contributed by atoms with van der Waals surface area (Å²) in [7, 11) is 1.61. The van der Waals surface area contributed by atoms with Crippen molar-refractivity contribution in [3.8, 4) is 11.5 Å². The molecule has 2 aromatic carbocycles. The van der Waals surface area contributed by atoms with Crippen LogP contribution in [0, 0.1) is 0 Å². The Hall–Kier alpha value is -2.12. The molecule has 2 aromatic rings. The molecule has 150 valence electrons. The normalized spacial score (nSPS) is 10.2. The molecule has 0 saturated heterocycles. The molecule has 5 nitrogen and oxygen atoms in total. The Balaban J connectivity index is 1.87. The van der Waals surface area contributed by atoms with Gasteiger partial charge in [0.25, 0.3) is 5.91 Å². The van der Waals surface area contributed by atoms with Crippen molar-refractivity contribution in [1.82, 2.24) is 5.32 Å². The summed E-state index contributed by atoms with van der Waals surface area (Å²) < 4.78 is 11.6. The Bertz CT molecular complexity index is 797. The third-order valence-corrected chi connectivity index (χ3v) is 4.85. The minimum Gasteiger partial charge on any atom is -0.497 e. The average molecular weight is 465 g/mol. The quantitative estimate of drug-likeness (QED) is 0.376. The molecule has 0 spiro atoms. The maximum atomic E-state index is 12.4. The van der Waals surface area contributed by atoms with Crippen LogP contribution in [0.2, 0.25) is 0 Å². The number of carbonyl (C=O) groups excluding carboxylic acids is 1. The summed E-state index contributed by atoms with van der Waals surface area (Å²) >= 11 is 8.68. The first kappa shape index (κ1) is 22.2. The summed E-state index contributed by atoms with van der Waals surface area (Å²) in [4.78, 5) is 12.4. The highest BCUT2D eigenvalue weighted by Gasteiger charge is 2.11. The second kappa shape index (κ2) is 11.7.